The number of rotatable bonds is 2. The highest BCUT2D eigenvalue weighted by molar-refractivity contribution is 7.90. The van der Waals surface area contributed by atoms with Crippen LogP contribution < -0.4 is 0 Å². The molecule has 14 heavy (non-hydrogen) atoms. The van der Waals surface area contributed by atoms with Crippen molar-refractivity contribution in [2.45, 2.75) is 31.3 Å². The van der Waals surface area contributed by atoms with Crippen LogP contribution in [0.2, 0.25) is 0 Å². The standard InChI is InChI=1S/C8H10O5S/c9-6(10)8(5-3-1-2-4-5)7(11)12-14-13-8/h5H,1-4H2,(H,9,10). The summed E-state index contributed by atoms with van der Waals surface area (Å²) in [6.45, 7) is 0. The first-order valence-electron chi connectivity index (χ1n) is 4.48. The number of carbonyl (C=O) groups is 2. The van der Waals surface area contributed by atoms with E-state index in [0.717, 1.165) is 12.8 Å². The van der Waals surface area contributed by atoms with Crippen molar-refractivity contribution in [2.75, 3.05) is 0 Å². The number of carbonyl (C=O) groups excluding carboxylic acids is 1. The van der Waals surface area contributed by atoms with Crippen LogP contribution in [0.25, 0.3) is 0 Å². The minimum Gasteiger partial charge on any atom is -0.479 e. The lowest BCUT2D eigenvalue weighted by molar-refractivity contribution is -0.168. The Bertz CT molecular complexity index is 273. The first kappa shape index (κ1) is 9.79. The van der Waals surface area contributed by atoms with Crippen LogP contribution in [-0.4, -0.2) is 22.6 Å². The smallest absolute Gasteiger partial charge is 0.365 e. The van der Waals surface area contributed by atoms with Crippen molar-refractivity contribution < 1.29 is 23.1 Å². The molecule has 1 N–H and O–H groups in total. The average molecular weight is 218 g/mol. The van der Waals surface area contributed by atoms with E-state index in [1.165, 1.54) is 0 Å². The third kappa shape index (κ3) is 1.21. The molecule has 2 aliphatic rings. The quantitative estimate of drug-likeness (QED) is 0.553. The monoisotopic (exact) mass is 218 g/mol. The van der Waals surface area contributed by atoms with Crippen molar-refractivity contribution in [3.8, 4) is 0 Å². The Morgan fingerprint density at radius 3 is 2.57 bits per heavy atom. The molecule has 2 fully saturated rings. The molecule has 1 saturated carbocycles. The number of aliphatic carboxylic acids is 1. The third-order valence-electron chi connectivity index (χ3n) is 2.83. The summed E-state index contributed by atoms with van der Waals surface area (Å²) in [6, 6.07) is 0. The van der Waals surface area contributed by atoms with E-state index in [-0.39, 0.29) is 5.92 Å². The molecule has 5 nitrogen and oxygen atoms in total. The summed E-state index contributed by atoms with van der Waals surface area (Å²) in [7, 11) is 0. The van der Waals surface area contributed by atoms with Crippen molar-refractivity contribution in [2.24, 2.45) is 5.92 Å². The molecule has 78 valence electrons. The van der Waals surface area contributed by atoms with Gasteiger partial charge in [0.2, 0.25) is 12.3 Å². The minimum absolute atomic E-state index is 0.248. The Balaban J connectivity index is 2.29. The summed E-state index contributed by atoms with van der Waals surface area (Å²) in [4.78, 5) is 22.5. The van der Waals surface area contributed by atoms with Gasteiger partial charge >= 0.3 is 11.9 Å². The Morgan fingerprint density at radius 1 is 1.50 bits per heavy atom. The fourth-order valence-corrected chi connectivity index (χ4v) is 2.66. The molecule has 0 aromatic carbocycles. The van der Waals surface area contributed by atoms with Crippen LogP contribution >= 0.6 is 12.3 Å². The second kappa shape index (κ2) is 3.43. The van der Waals surface area contributed by atoms with Crippen LogP contribution in [0.3, 0.4) is 0 Å². The summed E-state index contributed by atoms with van der Waals surface area (Å²) in [6.07, 6.45) is 3.31. The number of hydrogen-bond acceptors (Lipinski definition) is 5. The second-order valence-electron chi connectivity index (χ2n) is 3.54. The summed E-state index contributed by atoms with van der Waals surface area (Å²) in [5, 5.41) is 9.06. The summed E-state index contributed by atoms with van der Waals surface area (Å²) in [5.41, 5.74) is -1.75. The van der Waals surface area contributed by atoms with Gasteiger partial charge in [-0.1, -0.05) is 12.8 Å². The molecule has 2 rings (SSSR count). The molecule has 0 amide bonds. The van der Waals surface area contributed by atoms with E-state index < -0.39 is 17.5 Å². The van der Waals surface area contributed by atoms with Crippen molar-refractivity contribution in [1.82, 2.24) is 0 Å². The zero-order valence-electron chi connectivity index (χ0n) is 7.39. The predicted molar refractivity (Wildman–Crippen MR) is 47.1 cm³/mol. The largest absolute Gasteiger partial charge is 0.479 e. The van der Waals surface area contributed by atoms with E-state index in [1.807, 2.05) is 0 Å². The SMILES string of the molecule is O=C(O)C1(C2CCCC2)OSOC1=O. The highest BCUT2D eigenvalue weighted by atomic mass is 32.2. The first-order chi connectivity index (χ1) is 6.68. The predicted octanol–water partition coefficient (Wildman–Crippen LogP) is 1.14. The Kier molecular flexibility index (Phi) is 2.40. The van der Waals surface area contributed by atoms with Gasteiger partial charge in [0.1, 0.15) is 0 Å². The van der Waals surface area contributed by atoms with Crippen molar-refractivity contribution in [3.63, 3.8) is 0 Å². The minimum atomic E-state index is -1.75. The fourth-order valence-electron chi connectivity index (χ4n) is 2.06. The van der Waals surface area contributed by atoms with Crippen molar-refractivity contribution >= 4 is 24.3 Å². The molecular weight excluding hydrogens is 208 g/mol. The maximum absolute atomic E-state index is 11.4. The maximum atomic E-state index is 11.4. The third-order valence-corrected chi connectivity index (χ3v) is 3.38. The van der Waals surface area contributed by atoms with Crippen LogP contribution in [0.15, 0.2) is 0 Å². The molecule has 1 unspecified atom stereocenters. The molecule has 1 atom stereocenters. The summed E-state index contributed by atoms with van der Waals surface area (Å²) < 4.78 is 9.46. The number of carboxylic acids is 1. The van der Waals surface area contributed by atoms with Crippen LogP contribution in [0.5, 0.6) is 0 Å². The highest BCUT2D eigenvalue weighted by Crippen LogP contribution is 2.44. The van der Waals surface area contributed by atoms with Crippen LogP contribution in [0, 0.1) is 5.92 Å². The van der Waals surface area contributed by atoms with Crippen molar-refractivity contribution in [1.29, 1.82) is 0 Å². The Hall–Kier alpha value is -0.750. The zero-order valence-corrected chi connectivity index (χ0v) is 8.21. The Labute approximate surface area is 85.2 Å². The second-order valence-corrected chi connectivity index (χ2v) is 4.01. The molecule has 1 aliphatic carbocycles. The van der Waals surface area contributed by atoms with E-state index in [1.54, 1.807) is 0 Å². The Morgan fingerprint density at radius 2 is 2.14 bits per heavy atom. The number of hydrogen-bond donors (Lipinski definition) is 1. The molecule has 0 radical (unpaired) electrons. The van der Waals surface area contributed by atoms with E-state index in [9.17, 15) is 9.59 Å². The number of carboxylic acid groups (broad SMARTS) is 1. The topological polar surface area (TPSA) is 72.8 Å². The molecule has 1 saturated heterocycles. The lowest BCUT2D eigenvalue weighted by Gasteiger charge is -2.23. The van der Waals surface area contributed by atoms with Gasteiger partial charge in [0, 0.05) is 5.92 Å². The van der Waals surface area contributed by atoms with E-state index in [4.69, 9.17) is 9.29 Å². The van der Waals surface area contributed by atoms with Gasteiger partial charge in [-0.25, -0.2) is 9.59 Å². The molecule has 0 bridgehead atoms. The molecule has 0 aromatic rings. The van der Waals surface area contributed by atoms with Gasteiger partial charge in [0.15, 0.2) is 0 Å². The van der Waals surface area contributed by atoms with Crippen LogP contribution in [0.4, 0.5) is 0 Å². The average Bonchev–Trinajstić information content (AvgIpc) is 2.72. The molecule has 6 heteroatoms. The van der Waals surface area contributed by atoms with Gasteiger partial charge < -0.3 is 9.29 Å². The van der Waals surface area contributed by atoms with Gasteiger partial charge in [-0.15, -0.1) is 0 Å². The van der Waals surface area contributed by atoms with E-state index in [0.29, 0.717) is 25.2 Å². The van der Waals surface area contributed by atoms with Crippen molar-refractivity contribution in [3.05, 3.63) is 0 Å². The van der Waals surface area contributed by atoms with Gasteiger partial charge in [-0.3, -0.25) is 4.18 Å². The lowest BCUT2D eigenvalue weighted by atomic mass is 9.86. The summed E-state index contributed by atoms with van der Waals surface area (Å²) >= 11 is 0.474. The van der Waals surface area contributed by atoms with Gasteiger partial charge in [0.25, 0.3) is 5.60 Å². The van der Waals surface area contributed by atoms with Gasteiger partial charge in [-0.05, 0) is 12.8 Å². The molecule has 0 aromatic heterocycles. The van der Waals surface area contributed by atoms with Crippen LogP contribution in [0.1, 0.15) is 25.7 Å². The summed E-state index contributed by atoms with van der Waals surface area (Å²) in [5.74, 6) is -2.26. The highest BCUT2D eigenvalue weighted by Gasteiger charge is 2.60. The lowest BCUT2D eigenvalue weighted by Crippen LogP contribution is -2.50. The van der Waals surface area contributed by atoms with E-state index in [2.05, 4.69) is 4.18 Å². The van der Waals surface area contributed by atoms with Gasteiger partial charge in [-0.2, -0.15) is 0 Å². The molecule has 1 aliphatic heterocycles. The zero-order chi connectivity index (χ0) is 10.2. The normalized spacial score (nSPS) is 33.3. The fraction of sp³-hybridized carbons (Fsp3) is 0.750. The first-order valence-corrected chi connectivity index (χ1v) is 5.15. The maximum Gasteiger partial charge on any atom is 0.365 e. The van der Waals surface area contributed by atoms with Crippen LogP contribution in [-0.2, 0) is 18.0 Å². The van der Waals surface area contributed by atoms with E-state index >= 15 is 0 Å². The molecule has 1 heterocycles. The van der Waals surface area contributed by atoms with Gasteiger partial charge in [0.05, 0.1) is 0 Å². The molecule has 0 spiro atoms. The molecular formula is C8H10O5S.